The van der Waals surface area contributed by atoms with Gasteiger partial charge in [-0.2, -0.15) is 0 Å². The number of nitrogens with zero attached hydrogens (tertiary/aromatic N) is 2. The predicted molar refractivity (Wildman–Crippen MR) is 105 cm³/mol. The van der Waals surface area contributed by atoms with Crippen LogP contribution in [0.25, 0.3) is 10.6 Å². The standard InChI is InChI=1S/C20H21N3O2S/c1-5-25-19-16(7-6-10-21-19)23-18(24)17-14(4)22-20(26-17)15-9-8-12(2)11-13(15)3/h6-11H,5H2,1-4H3,(H,23,24). The van der Waals surface area contributed by atoms with E-state index < -0.39 is 0 Å². The maximum absolute atomic E-state index is 12.8. The molecule has 134 valence electrons. The van der Waals surface area contributed by atoms with Gasteiger partial charge in [0, 0.05) is 11.8 Å². The number of nitrogens with one attached hydrogen (secondary N) is 1. The minimum Gasteiger partial charge on any atom is -0.476 e. The van der Waals surface area contributed by atoms with Gasteiger partial charge in [0.1, 0.15) is 15.6 Å². The molecule has 2 heterocycles. The lowest BCUT2D eigenvalue weighted by atomic mass is 10.1. The van der Waals surface area contributed by atoms with Gasteiger partial charge in [0.2, 0.25) is 5.88 Å². The van der Waals surface area contributed by atoms with Crippen molar-refractivity contribution >= 4 is 22.9 Å². The van der Waals surface area contributed by atoms with Crippen LogP contribution in [-0.4, -0.2) is 22.5 Å². The molecule has 0 radical (unpaired) electrons. The molecule has 2 aromatic heterocycles. The minimum atomic E-state index is -0.204. The number of ether oxygens (including phenoxy) is 1. The largest absolute Gasteiger partial charge is 0.476 e. The summed E-state index contributed by atoms with van der Waals surface area (Å²) in [5.41, 5.74) is 4.68. The van der Waals surface area contributed by atoms with Gasteiger partial charge >= 0.3 is 0 Å². The number of hydrogen-bond acceptors (Lipinski definition) is 5. The zero-order valence-electron chi connectivity index (χ0n) is 15.3. The third-order valence-electron chi connectivity index (χ3n) is 3.92. The SMILES string of the molecule is CCOc1ncccc1NC(=O)c1sc(-c2ccc(C)cc2C)nc1C. The van der Waals surface area contributed by atoms with Crippen LogP contribution in [0.5, 0.6) is 5.88 Å². The van der Waals surface area contributed by atoms with E-state index in [1.54, 1.807) is 18.3 Å². The van der Waals surface area contributed by atoms with Crippen LogP contribution in [0.15, 0.2) is 36.5 Å². The molecule has 0 aliphatic rings. The van der Waals surface area contributed by atoms with Crippen LogP contribution in [0.1, 0.15) is 33.4 Å². The Morgan fingerprint density at radius 1 is 1.23 bits per heavy atom. The van der Waals surface area contributed by atoms with E-state index >= 15 is 0 Å². The first-order valence-corrected chi connectivity index (χ1v) is 9.25. The fourth-order valence-corrected chi connectivity index (χ4v) is 3.74. The Morgan fingerprint density at radius 3 is 2.77 bits per heavy atom. The summed E-state index contributed by atoms with van der Waals surface area (Å²) in [6, 6.07) is 9.77. The zero-order valence-corrected chi connectivity index (χ0v) is 16.1. The molecule has 26 heavy (non-hydrogen) atoms. The highest BCUT2D eigenvalue weighted by atomic mass is 32.1. The van der Waals surface area contributed by atoms with Gasteiger partial charge in [0.05, 0.1) is 12.3 Å². The molecule has 0 atom stereocenters. The zero-order chi connectivity index (χ0) is 18.7. The van der Waals surface area contributed by atoms with E-state index in [0.717, 1.165) is 16.1 Å². The summed E-state index contributed by atoms with van der Waals surface area (Å²) in [6.45, 7) is 8.33. The third kappa shape index (κ3) is 3.75. The van der Waals surface area contributed by atoms with Crippen LogP contribution in [0.2, 0.25) is 0 Å². The molecule has 5 nitrogen and oxygen atoms in total. The first-order valence-electron chi connectivity index (χ1n) is 8.43. The van der Waals surface area contributed by atoms with Crippen LogP contribution in [-0.2, 0) is 0 Å². The Labute approximate surface area is 157 Å². The predicted octanol–water partition coefficient (Wildman–Crippen LogP) is 4.78. The highest BCUT2D eigenvalue weighted by molar-refractivity contribution is 7.17. The summed E-state index contributed by atoms with van der Waals surface area (Å²) in [5.74, 6) is 0.213. The van der Waals surface area contributed by atoms with E-state index in [-0.39, 0.29) is 5.91 Å². The number of amides is 1. The summed E-state index contributed by atoms with van der Waals surface area (Å²) in [5, 5.41) is 3.73. The van der Waals surface area contributed by atoms with Crippen molar-refractivity contribution in [3.8, 4) is 16.5 Å². The van der Waals surface area contributed by atoms with Gasteiger partial charge in [-0.1, -0.05) is 23.8 Å². The Bertz CT molecular complexity index is 950. The first-order chi connectivity index (χ1) is 12.5. The average Bonchev–Trinajstić information content (AvgIpc) is 2.98. The van der Waals surface area contributed by atoms with Gasteiger partial charge in [-0.15, -0.1) is 11.3 Å². The third-order valence-corrected chi connectivity index (χ3v) is 5.11. The Balaban J connectivity index is 1.88. The summed E-state index contributed by atoms with van der Waals surface area (Å²) < 4.78 is 5.47. The van der Waals surface area contributed by atoms with Crippen LogP contribution >= 0.6 is 11.3 Å². The van der Waals surface area contributed by atoms with Crippen molar-refractivity contribution < 1.29 is 9.53 Å². The van der Waals surface area contributed by atoms with Crippen LogP contribution in [0, 0.1) is 20.8 Å². The number of hydrogen-bond donors (Lipinski definition) is 1. The lowest BCUT2D eigenvalue weighted by Crippen LogP contribution is -2.13. The number of benzene rings is 1. The molecule has 0 saturated heterocycles. The van der Waals surface area contributed by atoms with E-state index in [1.807, 2.05) is 13.8 Å². The molecule has 1 amide bonds. The second kappa shape index (κ2) is 7.66. The van der Waals surface area contributed by atoms with Crippen molar-refractivity contribution in [3.05, 3.63) is 58.2 Å². The number of aromatic nitrogens is 2. The van der Waals surface area contributed by atoms with Crippen molar-refractivity contribution in [3.63, 3.8) is 0 Å². The van der Waals surface area contributed by atoms with Crippen molar-refractivity contribution in [2.24, 2.45) is 0 Å². The molecular weight excluding hydrogens is 346 g/mol. The quantitative estimate of drug-likeness (QED) is 0.705. The van der Waals surface area contributed by atoms with E-state index in [1.165, 1.54) is 16.9 Å². The molecule has 1 N–H and O–H groups in total. The van der Waals surface area contributed by atoms with Crippen molar-refractivity contribution in [1.82, 2.24) is 9.97 Å². The molecule has 1 aromatic carbocycles. The molecule has 3 rings (SSSR count). The molecule has 0 spiro atoms. The van der Waals surface area contributed by atoms with Crippen molar-refractivity contribution in [2.75, 3.05) is 11.9 Å². The summed E-state index contributed by atoms with van der Waals surface area (Å²) >= 11 is 1.39. The monoisotopic (exact) mass is 367 g/mol. The fourth-order valence-electron chi connectivity index (χ4n) is 2.69. The van der Waals surface area contributed by atoms with Gasteiger partial charge in [0.25, 0.3) is 5.91 Å². The van der Waals surface area contributed by atoms with E-state index in [2.05, 4.69) is 47.3 Å². The highest BCUT2D eigenvalue weighted by Crippen LogP contribution is 2.31. The number of pyridine rings is 1. The van der Waals surface area contributed by atoms with Gasteiger partial charge in [-0.3, -0.25) is 4.79 Å². The molecule has 0 aliphatic heterocycles. The number of anilines is 1. The topological polar surface area (TPSA) is 64.1 Å². The van der Waals surface area contributed by atoms with E-state index in [9.17, 15) is 4.79 Å². The maximum atomic E-state index is 12.8. The number of aryl methyl sites for hydroxylation is 3. The molecular formula is C20H21N3O2S. The van der Waals surface area contributed by atoms with Crippen molar-refractivity contribution in [1.29, 1.82) is 0 Å². The molecule has 6 heteroatoms. The summed E-state index contributed by atoms with van der Waals surface area (Å²) in [4.78, 5) is 22.1. The Morgan fingerprint density at radius 2 is 2.04 bits per heavy atom. The summed E-state index contributed by atoms with van der Waals surface area (Å²) in [7, 11) is 0. The number of carbonyl (C=O) groups excluding carboxylic acids is 1. The number of rotatable bonds is 5. The van der Waals surface area contributed by atoms with Gasteiger partial charge in [-0.05, 0) is 45.4 Å². The van der Waals surface area contributed by atoms with Crippen molar-refractivity contribution in [2.45, 2.75) is 27.7 Å². The van der Waals surface area contributed by atoms with Crippen LogP contribution < -0.4 is 10.1 Å². The van der Waals surface area contributed by atoms with Gasteiger partial charge < -0.3 is 10.1 Å². The lowest BCUT2D eigenvalue weighted by Gasteiger charge is -2.09. The number of carbonyl (C=O) groups is 1. The highest BCUT2D eigenvalue weighted by Gasteiger charge is 2.18. The lowest BCUT2D eigenvalue weighted by molar-refractivity contribution is 0.102. The molecule has 3 aromatic rings. The summed E-state index contributed by atoms with van der Waals surface area (Å²) in [6.07, 6.45) is 1.64. The molecule has 0 bridgehead atoms. The fraction of sp³-hybridized carbons (Fsp3) is 0.250. The van der Waals surface area contributed by atoms with E-state index in [0.29, 0.717) is 28.7 Å². The molecule has 0 aliphatic carbocycles. The number of thiazole rings is 1. The minimum absolute atomic E-state index is 0.204. The van der Waals surface area contributed by atoms with E-state index in [4.69, 9.17) is 4.74 Å². The van der Waals surface area contributed by atoms with Gasteiger partial charge in [-0.25, -0.2) is 9.97 Å². The van der Waals surface area contributed by atoms with Gasteiger partial charge in [0.15, 0.2) is 0 Å². The van der Waals surface area contributed by atoms with Crippen LogP contribution in [0.3, 0.4) is 0 Å². The second-order valence-electron chi connectivity index (χ2n) is 6.00. The molecule has 0 saturated carbocycles. The Hall–Kier alpha value is -2.73. The maximum Gasteiger partial charge on any atom is 0.267 e. The first kappa shape index (κ1) is 18.1. The average molecular weight is 367 g/mol. The second-order valence-corrected chi connectivity index (χ2v) is 6.99. The molecule has 0 unspecified atom stereocenters. The normalized spacial score (nSPS) is 10.6. The molecule has 0 fully saturated rings. The van der Waals surface area contributed by atoms with Crippen LogP contribution in [0.4, 0.5) is 5.69 Å². The smallest absolute Gasteiger partial charge is 0.267 e. The Kier molecular flexibility index (Phi) is 5.32.